The molecule has 1 amide bonds. The van der Waals surface area contributed by atoms with E-state index in [1.165, 1.54) is 11.3 Å². The minimum absolute atomic E-state index is 0.0923. The Morgan fingerprint density at radius 1 is 1.56 bits per heavy atom. The van der Waals surface area contributed by atoms with Crippen molar-refractivity contribution in [3.8, 4) is 0 Å². The molecule has 0 unspecified atom stereocenters. The molecule has 0 radical (unpaired) electrons. The standard InChI is InChI=1S/C11H13N5OS/c1-7-10(18-6-13-7)11(17)12-5-9-15-14-8-3-2-4-16(8)9/h6H,2-5H2,1H3,(H,12,17). The first-order valence-electron chi connectivity index (χ1n) is 5.85. The molecule has 2 aromatic rings. The number of carbonyl (C=O) groups excluding carboxylic acids is 1. The average molecular weight is 263 g/mol. The topological polar surface area (TPSA) is 72.7 Å². The van der Waals surface area contributed by atoms with Gasteiger partial charge >= 0.3 is 0 Å². The molecule has 0 aliphatic carbocycles. The van der Waals surface area contributed by atoms with Gasteiger partial charge in [-0.05, 0) is 13.3 Å². The number of hydrogen-bond acceptors (Lipinski definition) is 5. The van der Waals surface area contributed by atoms with E-state index in [0.717, 1.165) is 36.7 Å². The summed E-state index contributed by atoms with van der Waals surface area (Å²) in [7, 11) is 0. The van der Waals surface area contributed by atoms with Crippen molar-refractivity contribution in [2.75, 3.05) is 0 Å². The van der Waals surface area contributed by atoms with E-state index in [0.29, 0.717) is 11.4 Å². The van der Waals surface area contributed by atoms with Crippen LogP contribution in [0.3, 0.4) is 0 Å². The molecule has 3 rings (SSSR count). The molecule has 0 saturated heterocycles. The summed E-state index contributed by atoms with van der Waals surface area (Å²) in [5.41, 5.74) is 2.45. The number of thiazole rings is 1. The van der Waals surface area contributed by atoms with Crippen LogP contribution in [0.25, 0.3) is 0 Å². The Morgan fingerprint density at radius 2 is 2.44 bits per heavy atom. The smallest absolute Gasteiger partial charge is 0.263 e. The van der Waals surface area contributed by atoms with Crippen LogP contribution in [0.15, 0.2) is 5.51 Å². The van der Waals surface area contributed by atoms with Crippen LogP contribution in [-0.4, -0.2) is 25.7 Å². The lowest BCUT2D eigenvalue weighted by Crippen LogP contribution is -2.24. The number of fused-ring (bicyclic) bond motifs is 1. The summed E-state index contributed by atoms with van der Waals surface area (Å²) in [5, 5.41) is 11.1. The van der Waals surface area contributed by atoms with E-state index in [9.17, 15) is 4.79 Å². The molecule has 1 N–H and O–H groups in total. The zero-order chi connectivity index (χ0) is 12.5. The monoisotopic (exact) mass is 263 g/mol. The first-order valence-corrected chi connectivity index (χ1v) is 6.73. The Labute approximate surface area is 108 Å². The molecule has 6 nitrogen and oxygen atoms in total. The van der Waals surface area contributed by atoms with Crippen molar-refractivity contribution in [1.82, 2.24) is 25.1 Å². The zero-order valence-electron chi connectivity index (χ0n) is 10.0. The molecule has 1 aliphatic heterocycles. The van der Waals surface area contributed by atoms with Gasteiger partial charge in [-0.25, -0.2) is 4.98 Å². The largest absolute Gasteiger partial charge is 0.344 e. The molecule has 18 heavy (non-hydrogen) atoms. The molecule has 0 aromatic carbocycles. The van der Waals surface area contributed by atoms with Gasteiger partial charge in [-0.15, -0.1) is 21.5 Å². The number of carbonyl (C=O) groups is 1. The Morgan fingerprint density at radius 3 is 3.22 bits per heavy atom. The lowest BCUT2D eigenvalue weighted by molar-refractivity contribution is 0.0952. The lowest BCUT2D eigenvalue weighted by Gasteiger charge is -2.04. The third kappa shape index (κ3) is 1.90. The number of hydrogen-bond donors (Lipinski definition) is 1. The van der Waals surface area contributed by atoms with Gasteiger partial charge in [-0.3, -0.25) is 4.79 Å². The van der Waals surface area contributed by atoms with E-state index in [-0.39, 0.29) is 5.91 Å². The van der Waals surface area contributed by atoms with Crippen LogP contribution in [0.2, 0.25) is 0 Å². The van der Waals surface area contributed by atoms with E-state index in [1.807, 2.05) is 6.92 Å². The highest BCUT2D eigenvalue weighted by atomic mass is 32.1. The number of aryl methyl sites for hydroxylation is 2. The van der Waals surface area contributed by atoms with Gasteiger partial charge in [0.25, 0.3) is 5.91 Å². The van der Waals surface area contributed by atoms with Gasteiger partial charge in [-0.1, -0.05) is 0 Å². The Balaban J connectivity index is 1.68. The fraction of sp³-hybridized carbons (Fsp3) is 0.455. The van der Waals surface area contributed by atoms with Crippen LogP contribution in [0.1, 0.15) is 33.4 Å². The Hall–Kier alpha value is -1.76. The van der Waals surface area contributed by atoms with Crippen molar-refractivity contribution < 1.29 is 4.79 Å². The summed E-state index contributed by atoms with van der Waals surface area (Å²) < 4.78 is 2.08. The molecule has 2 aromatic heterocycles. The Kier molecular flexibility index (Phi) is 2.83. The average Bonchev–Trinajstić information content (AvgIpc) is 3.02. The van der Waals surface area contributed by atoms with Crippen LogP contribution in [0.4, 0.5) is 0 Å². The lowest BCUT2D eigenvalue weighted by atomic mass is 10.3. The third-order valence-electron chi connectivity index (χ3n) is 3.04. The second-order valence-corrected chi connectivity index (χ2v) is 5.09. The highest BCUT2D eigenvalue weighted by Crippen LogP contribution is 2.15. The SMILES string of the molecule is Cc1ncsc1C(=O)NCc1nnc2n1CCC2. The summed E-state index contributed by atoms with van der Waals surface area (Å²) in [6.45, 7) is 3.20. The van der Waals surface area contributed by atoms with E-state index in [1.54, 1.807) is 5.51 Å². The highest BCUT2D eigenvalue weighted by molar-refractivity contribution is 7.11. The summed E-state index contributed by atoms with van der Waals surface area (Å²) in [5.74, 6) is 1.76. The Bertz CT molecular complexity index is 588. The fourth-order valence-corrected chi connectivity index (χ4v) is 2.82. The second-order valence-electron chi connectivity index (χ2n) is 4.24. The quantitative estimate of drug-likeness (QED) is 0.893. The zero-order valence-corrected chi connectivity index (χ0v) is 10.8. The molecule has 0 bridgehead atoms. The van der Waals surface area contributed by atoms with Gasteiger partial charge in [0.15, 0.2) is 5.82 Å². The molecular formula is C11H13N5OS. The molecule has 3 heterocycles. The maximum absolute atomic E-state index is 11.9. The highest BCUT2D eigenvalue weighted by Gasteiger charge is 2.18. The molecular weight excluding hydrogens is 250 g/mol. The number of nitrogens with one attached hydrogen (secondary N) is 1. The maximum Gasteiger partial charge on any atom is 0.263 e. The van der Waals surface area contributed by atoms with Crippen LogP contribution in [0, 0.1) is 6.92 Å². The fourth-order valence-electron chi connectivity index (χ4n) is 2.10. The van der Waals surface area contributed by atoms with E-state index in [4.69, 9.17) is 0 Å². The van der Waals surface area contributed by atoms with Gasteiger partial charge < -0.3 is 9.88 Å². The van der Waals surface area contributed by atoms with Gasteiger partial charge in [0.1, 0.15) is 10.7 Å². The van der Waals surface area contributed by atoms with Crippen molar-refractivity contribution >= 4 is 17.2 Å². The van der Waals surface area contributed by atoms with Gasteiger partial charge in [0.2, 0.25) is 0 Å². The summed E-state index contributed by atoms with van der Waals surface area (Å²) in [4.78, 5) is 16.7. The normalized spacial score (nSPS) is 13.6. The minimum Gasteiger partial charge on any atom is -0.344 e. The van der Waals surface area contributed by atoms with E-state index < -0.39 is 0 Å². The number of nitrogens with zero attached hydrogens (tertiary/aromatic N) is 4. The van der Waals surface area contributed by atoms with Crippen molar-refractivity contribution in [3.63, 3.8) is 0 Å². The molecule has 0 saturated carbocycles. The summed E-state index contributed by atoms with van der Waals surface area (Å²) in [6.07, 6.45) is 2.09. The third-order valence-corrected chi connectivity index (χ3v) is 3.97. The second kappa shape index (κ2) is 4.49. The van der Waals surface area contributed by atoms with Crippen LogP contribution in [0.5, 0.6) is 0 Å². The predicted octanol–water partition coefficient (Wildman–Crippen LogP) is 0.919. The van der Waals surface area contributed by atoms with Crippen molar-refractivity contribution in [3.05, 3.63) is 27.7 Å². The van der Waals surface area contributed by atoms with Gasteiger partial charge in [0.05, 0.1) is 17.7 Å². The molecule has 1 aliphatic rings. The molecule has 0 spiro atoms. The summed E-state index contributed by atoms with van der Waals surface area (Å²) >= 11 is 1.35. The predicted molar refractivity (Wildman–Crippen MR) is 66.4 cm³/mol. The van der Waals surface area contributed by atoms with Crippen LogP contribution >= 0.6 is 11.3 Å². The minimum atomic E-state index is -0.0923. The number of rotatable bonds is 3. The van der Waals surface area contributed by atoms with Crippen molar-refractivity contribution in [1.29, 1.82) is 0 Å². The van der Waals surface area contributed by atoms with Gasteiger partial charge in [0, 0.05) is 13.0 Å². The molecule has 94 valence electrons. The van der Waals surface area contributed by atoms with Crippen molar-refractivity contribution in [2.24, 2.45) is 0 Å². The van der Waals surface area contributed by atoms with Crippen LogP contribution < -0.4 is 5.32 Å². The number of amides is 1. The van der Waals surface area contributed by atoms with Crippen molar-refractivity contribution in [2.45, 2.75) is 32.9 Å². The first kappa shape index (κ1) is 11.3. The van der Waals surface area contributed by atoms with E-state index >= 15 is 0 Å². The molecule has 7 heteroatoms. The van der Waals surface area contributed by atoms with Crippen LogP contribution in [-0.2, 0) is 19.5 Å². The summed E-state index contributed by atoms with van der Waals surface area (Å²) in [6, 6.07) is 0. The van der Waals surface area contributed by atoms with E-state index in [2.05, 4.69) is 25.1 Å². The van der Waals surface area contributed by atoms with Gasteiger partial charge in [-0.2, -0.15) is 0 Å². The maximum atomic E-state index is 11.9. The molecule has 0 fully saturated rings. The molecule has 0 atom stereocenters. The number of aromatic nitrogens is 4. The first-order chi connectivity index (χ1) is 8.75.